The quantitative estimate of drug-likeness (QED) is 0.0205. The van der Waals surface area contributed by atoms with Crippen LogP contribution in [0, 0.1) is 35.0 Å². The molecule has 0 unspecified atom stereocenters. The summed E-state index contributed by atoms with van der Waals surface area (Å²) in [7, 11) is 0. The average molecular weight is 1810 g/mol. The van der Waals surface area contributed by atoms with Crippen LogP contribution in [0.15, 0.2) is 152 Å². The minimum absolute atomic E-state index is 0.360. The largest absolute Gasteiger partial charge is 0.494 e. The molecule has 6 heterocycles. The minimum atomic E-state index is -0.534. The Kier molecular flexibility index (Phi) is 35.6. The van der Waals surface area contributed by atoms with Crippen LogP contribution in [-0.2, 0) is 79.5 Å². The van der Waals surface area contributed by atoms with Crippen LogP contribution < -0.4 is 50.3 Å². The van der Waals surface area contributed by atoms with E-state index < -0.39 is 22.4 Å². The van der Waals surface area contributed by atoms with Crippen LogP contribution in [0.5, 0.6) is 11.8 Å². The highest BCUT2D eigenvalue weighted by atomic mass is 16.6. The van der Waals surface area contributed by atoms with Crippen LogP contribution in [-0.4, -0.2) is 162 Å². The summed E-state index contributed by atoms with van der Waals surface area (Å²) in [5.41, 5.74) is 14.8. The standard InChI is InChI=1S/C28H38N2O4.C27H33N3O3.C26H36N4O4.C24H32N4O3/c1-4-33-25-9-7-23(8-10-25)29-26-18-22(28(34-20-31)14-5-15-28)6-11-27(26)30(19-21(2)3)24-12-16-32-17-13-24;1-20(2)18-30(24-10-14-32-15-11-24)26-9-6-22(27(33-19-31)12-3-13-27)16-25(26)29-23-7-4-21(17-28)5-8-23;1-4-33-25-27-15-21(16-28-25)29-23-14-20(26(34-18-31)10-5-11-26)6-7-24(23)30(17-19(2)3)22-8-12-32-13-9-22;1-18(2)15-28(21-6-10-30-11-7-21)23-5-4-19(24(31-17-29)8-3-9-24)12-22(23)27-20-13-25-16-26-14-20/h6-11,18,20-21,24,29H,4-5,12-17,19H2,1-3H3;4-9,16,19-20,24,29H,3,10-15,18H2,1-2H3;6-7,14-16,18-19,22,29H,4-5,8-13,17H2,1-3H3;4-5,12-14,16-18,21,27H,3,6-11,15H2,1-2H3. The maximum atomic E-state index is 11.3. The van der Waals surface area contributed by atoms with E-state index in [4.69, 9.17) is 52.6 Å². The molecule has 0 amide bonds. The molecule has 4 aliphatic carbocycles. The van der Waals surface area contributed by atoms with Gasteiger partial charge in [-0.25, -0.2) is 19.9 Å². The fraction of sp³-hybridized carbons (Fsp3) is 0.533. The van der Waals surface area contributed by atoms with E-state index in [2.05, 4.69) is 195 Å². The van der Waals surface area contributed by atoms with Crippen molar-refractivity contribution in [1.29, 1.82) is 5.26 Å². The molecule has 4 saturated carbocycles. The summed E-state index contributed by atoms with van der Waals surface area (Å²) in [6, 6.07) is 45.6. The lowest BCUT2D eigenvalue weighted by Crippen LogP contribution is -2.42. The summed E-state index contributed by atoms with van der Waals surface area (Å²) in [4.78, 5) is 72.0. The third-order valence-corrected chi connectivity index (χ3v) is 26.6. The zero-order valence-electron chi connectivity index (χ0n) is 79.1. The number of carbonyl (C=O) groups excluding carboxylic acids is 4. The molecule has 0 bridgehead atoms. The molecule has 0 radical (unpaired) electrons. The van der Waals surface area contributed by atoms with Crippen molar-refractivity contribution < 1.29 is 66.5 Å². The highest BCUT2D eigenvalue weighted by Crippen LogP contribution is 2.52. The van der Waals surface area contributed by atoms with E-state index in [1.807, 2.05) is 62.4 Å². The number of anilines is 12. The second kappa shape index (κ2) is 47.9. The topological polar surface area (TPSA) is 297 Å². The first-order valence-corrected chi connectivity index (χ1v) is 48.2. The number of hydrogen-bond acceptors (Lipinski definition) is 27. The van der Waals surface area contributed by atoms with Gasteiger partial charge < -0.3 is 88.2 Å². The second-order valence-electron chi connectivity index (χ2n) is 37.7. The third-order valence-electron chi connectivity index (χ3n) is 26.6. The number of benzene rings is 6. The Hall–Kier alpha value is -11.3. The number of rotatable bonds is 40. The van der Waals surface area contributed by atoms with E-state index in [9.17, 15) is 19.2 Å². The summed E-state index contributed by atoms with van der Waals surface area (Å²) in [6.07, 6.45) is 27.6. The van der Waals surface area contributed by atoms with E-state index in [0.717, 1.165) is 298 Å². The zero-order chi connectivity index (χ0) is 92.9. The van der Waals surface area contributed by atoms with E-state index >= 15 is 0 Å². The molecule has 16 rings (SSSR count). The molecule has 0 atom stereocenters. The Morgan fingerprint density at radius 3 is 0.902 bits per heavy atom. The van der Waals surface area contributed by atoms with Gasteiger partial charge in [-0.2, -0.15) is 5.26 Å². The molecular formula is C105H139N13O14. The lowest BCUT2D eigenvalue weighted by molar-refractivity contribution is -0.156. The predicted octanol–water partition coefficient (Wildman–Crippen LogP) is 20.7. The monoisotopic (exact) mass is 1810 g/mol. The predicted molar refractivity (Wildman–Crippen MR) is 518 cm³/mol. The Morgan fingerprint density at radius 2 is 0.652 bits per heavy atom. The molecule has 8 aromatic rings. The molecule has 4 aliphatic heterocycles. The van der Waals surface area contributed by atoms with Gasteiger partial charge in [0.25, 0.3) is 25.9 Å². The van der Waals surface area contributed by atoms with Gasteiger partial charge in [-0.1, -0.05) is 79.7 Å². The second-order valence-corrected chi connectivity index (χ2v) is 37.7. The van der Waals surface area contributed by atoms with E-state index in [1.54, 1.807) is 24.8 Å². The van der Waals surface area contributed by atoms with Gasteiger partial charge in [-0.3, -0.25) is 19.2 Å². The molecule has 27 heteroatoms. The van der Waals surface area contributed by atoms with Crippen molar-refractivity contribution in [2.75, 3.05) is 133 Å². The van der Waals surface area contributed by atoms with Gasteiger partial charge in [0.2, 0.25) is 0 Å². The van der Waals surface area contributed by atoms with Gasteiger partial charge >= 0.3 is 6.01 Å². The Bertz CT molecular complexity index is 4810. The van der Waals surface area contributed by atoms with Crippen molar-refractivity contribution in [2.45, 2.75) is 244 Å². The molecule has 132 heavy (non-hydrogen) atoms. The summed E-state index contributed by atoms with van der Waals surface area (Å²) >= 11 is 0. The highest BCUT2D eigenvalue weighted by Gasteiger charge is 2.46. The molecule has 2 aromatic heterocycles. The molecule has 708 valence electrons. The number of nitriles is 1. The van der Waals surface area contributed by atoms with Crippen molar-refractivity contribution >= 4 is 94.1 Å². The first-order valence-electron chi connectivity index (χ1n) is 48.2. The molecule has 4 N–H and O–H groups in total. The Labute approximate surface area is 780 Å². The van der Waals surface area contributed by atoms with Gasteiger partial charge in [0.05, 0.1) is 107 Å². The van der Waals surface area contributed by atoms with Crippen LogP contribution in [0.2, 0.25) is 0 Å². The number of nitrogens with one attached hydrogen (secondary N) is 4. The number of nitrogens with zero attached hydrogens (tertiary/aromatic N) is 9. The SMILES string of the molecule is CC(C)CN(c1ccc(C2(OC=O)CCC2)cc1Nc1ccc(C#N)cc1)C1CCOCC1.CC(C)CN(c1ccc(C2(OC=O)CCC2)cc1Nc1cncnc1)C1CCOCC1.CCOc1ccc(Nc2cc(C3(OC=O)CCC3)ccc2N(CC(C)C)C2CCOCC2)cc1.CCOc1ncc(Nc2cc(C3(OC=O)CCC3)ccc2N(CC(C)C)C2CCOCC2)cn1. The normalized spacial score (nSPS) is 17.8. The summed E-state index contributed by atoms with van der Waals surface area (Å²) in [6.45, 7) is 35.5. The number of aromatic nitrogens is 4. The first kappa shape index (κ1) is 98.2. The van der Waals surface area contributed by atoms with Crippen LogP contribution >= 0.6 is 0 Å². The van der Waals surface area contributed by atoms with Gasteiger partial charge in [0.1, 0.15) is 34.5 Å². The molecule has 27 nitrogen and oxygen atoms in total. The third kappa shape index (κ3) is 25.3. The summed E-state index contributed by atoms with van der Waals surface area (Å²) in [5, 5.41) is 23.5. The molecule has 6 aromatic carbocycles. The van der Waals surface area contributed by atoms with Crippen molar-refractivity contribution in [3.8, 4) is 17.8 Å². The number of carbonyl (C=O) groups is 4. The smallest absolute Gasteiger partial charge is 0.316 e. The van der Waals surface area contributed by atoms with E-state index in [0.29, 0.717) is 98.5 Å². The van der Waals surface area contributed by atoms with Crippen LogP contribution in [0.4, 0.5) is 68.2 Å². The van der Waals surface area contributed by atoms with Gasteiger partial charge in [0.15, 0.2) is 0 Å². The van der Waals surface area contributed by atoms with Gasteiger partial charge in [-0.15, -0.1) is 0 Å². The zero-order valence-corrected chi connectivity index (χ0v) is 79.1. The number of ether oxygens (including phenoxy) is 10. The maximum Gasteiger partial charge on any atom is 0.316 e. The fourth-order valence-corrected chi connectivity index (χ4v) is 19.3. The Morgan fingerprint density at radius 1 is 0.379 bits per heavy atom. The summed E-state index contributed by atoms with van der Waals surface area (Å²) < 4.78 is 55.9. The maximum absolute atomic E-state index is 11.3. The van der Waals surface area contributed by atoms with Crippen LogP contribution in [0.3, 0.4) is 0 Å². The molecule has 4 saturated heterocycles. The van der Waals surface area contributed by atoms with Crippen molar-refractivity contribution in [1.82, 2.24) is 19.9 Å². The minimum Gasteiger partial charge on any atom is -0.494 e. The van der Waals surface area contributed by atoms with Crippen molar-refractivity contribution in [3.63, 3.8) is 0 Å². The Balaban J connectivity index is 0.000000150. The van der Waals surface area contributed by atoms with Crippen LogP contribution in [0.25, 0.3) is 0 Å². The molecule has 0 spiro atoms. The lowest BCUT2D eigenvalue weighted by Gasteiger charge is -2.42. The van der Waals surface area contributed by atoms with Crippen molar-refractivity contribution in [2.24, 2.45) is 23.7 Å². The fourth-order valence-electron chi connectivity index (χ4n) is 19.3. The van der Waals surface area contributed by atoms with Gasteiger partial charge in [0, 0.05) is 115 Å². The average Bonchev–Trinajstić information content (AvgIpc) is 0.774. The molecule has 8 aliphatic rings. The molecular weight excluding hydrogens is 1670 g/mol. The van der Waals surface area contributed by atoms with Gasteiger partial charge in [-0.05, 0) is 285 Å². The van der Waals surface area contributed by atoms with E-state index in [1.165, 1.54) is 12.0 Å². The highest BCUT2D eigenvalue weighted by molar-refractivity contribution is 5.81. The molecule has 8 fully saturated rings. The van der Waals surface area contributed by atoms with Crippen molar-refractivity contribution in [3.05, 3.63) is 180 Å². The summed E-state index contributed by atoms with van der Waals surface area (Å²) in [5.74, 6) is 2.91. The lowest BCUT2D eigenvalue weighted by atomic mass is 9.74. The first-order chi connectivity index (χ1) is 64.2. The van der Waals surface area contributed by atoms with E-state index in [-0.39, 0.29) is 0 Å². The van der Waals surface area contributed by atoms with Crippen LogP contribution in [0.1, 0.15) is 225 Å². The number of hydrogen-bond donors (Lipinski definition) is 4.